The molecule has 0 atom stereocenters. The van der Waals surface area contributed by atoms with Gasteiger partial charge in [-0.05, 0) is 58.1 Å². The number of rotatable bonds is 4. The molecule has 132 valence electrons. The Bertz CT molecular complexity index is 869. The highest BCUT2D eigenvalue weighted by atomic mass is 32.2. The number of likely N-dealkylation sites (tertiary alicyclic amines) is 1. The molecule has 0 aromatic heterocycles. The van der Waals surface area contributed by atoms with Crippen LogP contribution in [0.1, 0.15) is 46.5 Å². The smallest absolute Gasteiger partial charge is 0.213 e. The topological polar surface area (TPSA) is 85.0 Å². The third-order valence-corrected chi connectivity index (χ3v) is 6.77. The molecule has 0 saturated carbocycles. The molecule has 2 aliphatic rings. The molecule has 25 heavy (non-hydrogen) atoms. The number of hydrogen-bond acceptors (Lipinski definition) is 5. The summed E-state index contributed by atoms with van der Waals surface area (Å²) in [5, 5.41) is 19.1. The van der Waals surface area contributed by atoms with Crippen LogP contribution in [0, 0.1) is 22.7 Å². The van der Waals surface area contributed by atoms with Gasteiger partial charge in [-0.3, -0.25) is 0 Å². The van der Waals surface area contributed by atoms with Gasteiger partial charge in [0.25, 0.3) is 0 Å². The third kappa shape index (κ3) is 3.86. The van der Waals surface area contributed by atoms with E-state index in [1.807, 2.05) is 19.9 Å². The van der Waals surface area contributed by atoms with Gasteiger partial charge in [-0.2, -0.15) is 10.5 Å². The average molecular weight is 357 g/mol. The molecule has 1 aliphatic carbocycles. The first-order valence-electron chi connectivity index (χ1n) is 8.41. The maximum atomic E-state index is 12.9. The van der Waals surface area contributed by atoms with Crippen LogP contribution in [0.15, 0.2) is 44.4 Å². The Morgan fingerprint density at radius 1 is 1.08 bits per heavy atom. The van der Waals surface area contributed by atoms with Crippen LogP contribution < -0.4 is 0 Å². The van der Waals surface area contributed by atoms with Crippen LogP contribution in [-0.2, 0) is 9.84 Å². The molecule has 0 unspecified atom stereocenters. The molecule has 0 amide bonds. The lowest BCUT2D eigenvalue weighted by Crippen LogP contribution is -2.19. The van der Waals surface area contributed by atoms with Crippen LogP contribution in [0.3, 0.4) is 0 Å². The summed E-state index contributed by atoms with van der Waals surface area (Å²) >= 11 is 0. The van der Waals surface area contributed by atoms with E-state index >= 15 is 0 Å². The van der Waals surface area contributed by atoms with E-state index in [9.17, 15) is 18.9 Å². The van der Waals surface area contributed by atoms with E-state index in [4.69, 9.17) is 0 Å². The van der Waals surface area contributed by atoms with Crippen LogP contribution in [0.5, 0.6) is 0 Å². The summed E-state index contributed by atoms with van der Waals surface area (Å²) in [6.07, 6.45) is 6.51. The van der Waals surface area contributed by atoms with Gasteiger partial charge >= 0.3 is 0 Å². The Balaban J connectivity index is 2.55. The minimum Gasteiger partial charge on any atom is -0.374 e. The van der Waals surface area contributed by atoms with Crippen molar-refractivity contribution < 1.29 is 8.42 Å². The summed E-state index contributed by atoms with van der Waals surface area (Å²) in [6, 6.07) is 3.95. The molecular weight excluding hydrogens is 334 g/mol. The van der Waals surface area contributed by atoms with Crippen molar-refractivity contribution in [2.75, 3.05) is 13.1 Å². The zero-order valence-corrected chi connectivity index (χ0v) is 15.8. The molecule has 1 aliphatic heterocycles. The second kappa shape index (κ2) is 7.72. The predicted molar refractivity (Wildman–Crippen MR) is 97.4 cm³/mol. The molecule has 0 aromatic carbocycles. The number of nitrogens with zero attached hydrogens (tertiary/aromatic N) is 3. The summed E-state index contributed by atoms with van der Waals surface area (Å²) in [7, 11) is -3.88. The van der Waals surface area contributed by atoms with Crippen molar-refractivity contribution in [3.8, 4) is 12.1 Å². The lowest BCUT2D eigenvalue weighted by atomic mass is 10.1. The molecule has 1 heterocycles. The highest BCUT2D eigenvalue weighted by Gasteiger charge is 2.28. The van der Waals surface area contributed by atoms with Crippen LogP contribution in [-0.4, -0.2) is 26.4 Å². The average Bonchev–Trinajstić information content (AvgIpc) is 3.10. The number of nitriles is 2. The van der Waals surface area contributed by atoms with Crippen molar-refractivity contribution in [2.24, 2.45) is 0 Å². The predicted octanol–water partition coefficient (Wildman–Crippen LogP) is 3.72. The first-order valence-corrected chi connectivity index (χ1v) is 9.90. The SMILES string of the molecule is CC1=CC=C(S(=O)(=O)/C(C#N)=C(C)\C(C#N)=C(/C)N2CCCC2)CC1. The Kier molecular flexibility index (Phi) is 5.87. The third-order valence-electron chi connectivity index (χ3n) is 4.80. The van der Waals surface area contributed by atoms with E-state index in [2.05, 4.69) is 11.0 Å². The standard InChI is InChI=1S/C19H23N3O2S/c1-14-6-8-17(9-7-14)25(23,24)19(13-21)15(2)18(12-20)16(3)22-10-4-5-11-22/h6,8H,4-5,7,9-11H2,1-3H3/b18-16+,19-15-. The molecule has 0 radical (unpaired) electrons. The minimum absolute atomic E-state index is 0.238. The maximum Gasteiger partial charge on any atom is 0.213 e. The van der Waals surface area contributed by atoms with Gasteiger partial charge < -0.3 is 4.90 Å². The van der Waals surface area contributed by atoms with E-state index in [-0.39, 0.29) is 21.0 Å². The molecule has 0 N–H and O–H groups in total. The lowest BCUT2D eigenvalue weighted by molar-refractivity contribution is 0.425. The highest BCUT2D eigenvalue weighted by Crippen LogP contribution is 2.31. The minimum atomic E-state index is -3.88. The van der Waals surface area contributed by atoms with E-state index in [1.54, 1.807) is 19.1 Å². The Morgan fingerprint density at radius 3 is 2.20 bits per heavy atom. The van der Waals surface area contributed by atoms with Gasteiger partial charge in [-0.25, -0.2) is 8.42 Å². The summed E-state index contributed by atoms with van der Waals surface area (Å²) in [4.78, 5) is 2.00. The molecule has 0 spiro atoms. The van der Waals surface area contributed by atoms with Gasteiger partial charge in [-0.15, -0.1) is 0 Å². The van der Waals surface area contributed by atoms with E-state index in [0.717, 1.165) is 37.2 Å². The van der Waals surface area contributed by atoms with Crippen LogP contribution >= 0.6 is 0 Å². The Hall–Kier alpha value is -2.31. The lowest BCUT2D eigenvalue weighted by Gasteiger charge is -2.20. The molecule has 5 nitrogen and oxygen atoms in total. The quantitative estimate of drug-likeness (QED) is 0.565. The van der Waals surface area contributed by atoms with Crippen LogP contribution in [0.4, 0.5) is 0 Å². The zero-order chi connectivity index (χ0) is 18.6. The fraction of sp³-hybridized carbons (Fsp3) is 0.474. The van der Waals surface area contributed by atoms with Gasteiger partial charge in [0.1, 0.15) is 12.1 Å². The van der Waals surface area contributed by atoms with Gasteiger partial charge in [0.05, 0.1) is 10.5 Å². The largest absolute Gasteiger partial charge is 0.374 e. The Labute approximate surface area is 150 Å². The normalized spacial score (nSPS) is 20.0. The maximum absolute atomic E-state index is 12.9. The first-order chi connectivity index (χ1) is 11.8. The van der Waals surface area contributed by atoms with E-state index in [0.29, 0.717) is 12.8 Å². The van der Waals surface area contributed by atoms with Crippen molar-refractivity contribution in [1.29, 1.82) is 10.5 Å². The van der Waals surface area contributed by atoms with Crippen molar-refractivity contribution in [3.05, 3.63) is 44.4 Å². The number of allylic oxidation sites excluding steroid dienone is 8. The van der Waals surface area contributed by atoms with Gasteiger partial charge in [0.15, 0.2) is 4.91 Å². The summed E-state index contributed by atoms with van der Waals surface area (Å²) in [6.45, 7) is 7.03. The summed E-state index contributed by atoms with van der Waals surface area (Å²) < 4.78 is 25.8. The highest BCUT2D eigenvalue weighted by molar-refractivity contribution is 7.99. The molecule has 1 saturated heterocycles. The summed E-state index contributed by atoms with van der Waals surface area (Å²) in [5.74, 6) is 0. The first kappa shape index (κ1) is 19.0. The van der Waals surface area contributed by atoms with Crippen molar-refractivity contribution >= 4 is 9.84 Å². The molecule has 1 fully saturated rings. The zero-order valence-electron chi connectivity index (χ0n) is 15.0. The van der Waals surface area contributed by atoms with Gasteiger partial charge in [-0.1, -0.05) is 11.6 Å². The molecular formula is C19H23N3O2S. The van der Waals surface area contributed by atoms with Crippen LogP contribution in [0.2, 0.25) is 0 Å². The van der Waals surface area contributed by atoms with E-state index in [1.165, 1.54) is 0 Å². The fourth-order valence-corrected chi connectivity index (χ4v) is 4.69. The van der Waals surface area contributed by atoms with Crippen molar-refractivity contribution in [2.45, 2.75) is 46.5 Å². The van der Waals surface area contributed by atoms with Gasteiger partial charge in [0, 0.05) is 18.8 Å². The second-order valence-electron chi connectivity index (χ2n) is 6.48. The Morgan fingerprint density at radius 2 is 1.72 bits per heavy atom. The summed E-state index contributed by atoms with van der Waals surface area (Å²) in [5.41, 5.74) is 2.38. The van der Waals surface area contributed by atoms with E-state index < -0.39 is 9.84 Å². The molecule has 2 rings (SSSR count). The number of sulfone groups is 1. The monoisotopic (exact) mass is 357 g/mol. The number of hydrogen-bond donors (Lipinski definition) is 0. The molecule has 0 aromatic rings. The van der Waals surface area contributed by atoms with Crippen molar-refractivity contribution in [3.63, 3.8) is 0 Å². The second-order valence-corrected chi connectivity index (χ2v) is 8.42. The molecule has 6 heteroatoms. The van der Waals surface area contributed by atoms with Crippen LogP contribution in [0.25, 0.3) is 0 Å². The van der Waals surface area contributed by atoms with Gasteiger partial charge in [0.2, 0.25) is 9.84 Å². The fourth-order valence-electron chi connectivity index (χ4n) is 3.18. The molecule has 0 bridgehead atoms. The van der Waals surface area contributed by atoms with Crippen molar-refractivity contribution in [1.82, 2.24) is 4.90 Å².